The number of halogens is 1. The predicted molar refractivity (Wildman–Crippen MR) is 111 cm³/mol. The molecule has 2 aromatic carbocycles. The largest absolute Gasteiger partial charge is 0.322 e. The first-order valence-electron chi connectivity index (χ1n) is 8.22. The zero-order valence-corrected chi connectivity index (χ0v) is 15.8. The molecule has 0 radical (unpaired) electrons. The molecule has 138 valence electrons. The Balaban J connectivity index is 1.77. The summed E-state index contributed by atoms with van der Waals surface area (Å²) >= 11 is 7.37. The van der Waals surface area contributed by atoms with Crippen LogP contribution in [0.15, 0.2) is 66.0 Å². The normalized spacial score (nSPS) is 10.8. The molecule has 0 spiro atoms. The van der Waals surface area contributed by atoms with E-state index in [4.69, 9.17) is 11.6 Å². The Kier molecular flexibility index (Phi) is 4.77. The number of carbonyl (C=O) groups excluding carboxylic acids is 1. The van der Waals surface area contributed by atoms with Crippen LogP contribution in [-0.2, 0) is 0 Å². The molecule has 0 atom stereocenters. The maximum absolute atomic E-state index is 13.0. The van der Waals surface area contributed by atoms with Gasteiger partial charge in [-0.25, -0.2) is 4.98 Å². The van der Waals surface area contributed by atoms with E-state index in [1.807, 2.05) is 41.8 Å². The molecule has 2 heterocycles. The first-order valence-corrected chi connectivity index (χ1v) is 9.47. The van der Waals surface area contributed by atoms with Crippen LogP contribution < -0.4 is 5.32 Å². The lowest BCUT2D eigenvalue weighted by Gasteiger charge is -2.10. The van der Waals surface area contributed by atoms with E-state index in [9.17, 15) is 14.9 Å². The smallest absolute Gasteiger partial charge is 0.289 e. The van der Waals surface area contributed by atoms with Crippen molar-refractivity contribution >= 4 is 51.1 Å². The van der Waals surface area contributed by atoms with Gasteiger partial charge in [0.05, 0.1) is 26.6 Å². The molecular formula is C20H12ClN3O3S. The molecule has 28 heavy (non-hydrogen) atoms. The number of fused-ring (bicyclic) bond motifs is 1. The van der Waals surface area contributed by atoms with Gasteiger partial charge in [0.15, 0.2) is 0 Å². The first kappa shape index (κ1) is 18.1. The van der Waals surface area contributed by atoms with Crippen LogP contribution in [0.4, 0.5) is 11.4 Å². The van der Waals surface area contributed by atoms with E-state index in [-0.39, 0.29) is 16.6 Å². The number of benzene rings is 2. The highest BCUT2D eigenvalue weighted by Gasteiger charge is 2.17. The summed E-state index contributed by atoms with van der Waals surface area (Å²) in [6.07, 6.45) is 0. The second-order valence-electron chi connectivity index (χ2n) is 5.93. The molecule has 4 rings (SSSR count). The second-order valence-corrected chi connectivity index (χ2v) is 7.28. The van der Waals surface area contributed by atoms with Crippen molar-refractivity contribution in [2.24, 2.45) is 0 Å². The first-order chi connectivity index (χ1) is 13.5. The Morgan fingerprint density at radius 2 is 1.93 bits per heavy atom. The molecule has 0 saturated carbocycles. The summed E-state index contributed by atoms with van der Waals surface area (Å²) in [6.45, 7) is 0. The quantitative estimate of drug-likeness (QED) is 0.342. The topological polar surface area (TPSA) is 85.1 Å². The number of nitrogens with zero attached hydrogens (tertiary/aromatic N) is 2. The predicted octanol–water partition coefficient (Wildman–Crippen LogP) is 5.78. The van der Waals surface area contributed by atoms with Gasteiger partial charge in [-0.3, -0.25) is 14.9 Å². The third-order valence-electron chi connectivity index (χ3n) is 4.14. The molecule has 0 bridgehead atoms. The van der Waals surface area contributed by atoms with Gasteiger partial charge in [-0.2, -0.15) is 0 Å². The lowest BCUT2D eigenvalue weighted by Crippen LogP contribution is -2.13. The van der Waals surface area contributed by atoms with Crippen molar-refractivity contribution in [2.45, 2.75) is 0 Å². The molecular weight excluding hydrogens is 398 g/mol. The van der Waals surface area contributed by atoms with Crippen molar-refractivity contribution in [1.29, 1.82) is 0 Å². The molecule has 0 aliphatic carbocycles. The summed E-state index contributed by atoms with van der Waals surface area (Å²) in [5.74, 6) is -0.381. The van der Waals surface area contributed by atoms with Crippen LogP contribution in [-0.4, -0.2) is 15.8 Å². The summed E-state index contributed by atoms with van der Waals surface area (Å²) in [4.78, 5) is 29.1. The number of para-hydroxylation sites is 1. The zero-order valence-electron chi connectivity index (χ0n) is 14.3. The summed E-state index contributed by atoms with van der Waals surface area (Å²) in [6, 6.07) is 17.1. The van der Waals surface area contributed by atoms with Gasteiger partial charge in [0, 0.05) is 17.1 Å². The number of rotatable bonds is 4. The minimum atomic E-state index is -0.589. The van der Waals surface area contributed by atoms with E-state index >= 15 is 0 Å². The Bertz CT molecular complexity index is 1210. The van der Waals surface area contributed by atoms with Crippen molar-refractivity contribution in [3.05, 3.63) is 86.7 Å². The highest BCUT2D eigenvalue weighted by atomic mass is 35.5. The van der Waals surface area contributed by atoms with Crippen LogP contribution >= 0.6 is 22.9 Å². The van der Waals surface area contributed by atoms with Crippen molar-refractivity contribution in [2.75, 3.05) is 5.32 Å². The summed E-state index contributed by atoms with van der Waals surface area (Å²) in [5, 5.41) is 16.5. The number of nitro benzene ring substituents is 1. The van der Waals surface area contributed by atoms with Crippen LogP contribution in [0.2, 0.25) is 5.02 Å². The lowest BCUT2D eigenvalue weighted by molar-refractivity contribution is -0.384. The number of amides is 1. The average molecular weight is 410 g/mol. The molecule has 1 N–H and O–H groups in total. The Morgan fingerprint density at radius 3 is 2.68 bits per heavy atom. The third-order valence-corrected chi connectivity index (χ3v) is 5.35. The molecule has 2 aromatic heterocycles. The fourth-order valence-electron chi connectivity index (χ4n) is 2.84. The van der Waals surface area contributed by atoms with E-state index in [0.717, 1.165) is 4.88 Å². The van der Waals surface area contributed by atoms with E-state index in [2.05, 4.69) is 10.3 Å². The monoisotopic (exact) mass is 409 g/mol. The van der Waals surface area contributed by atoms with Crippen LogP contribution in [0.25, 0.3) is 21.5 Å². The summed E-state index contributed by atoms with van der Waals surface area (Å²) in [5.41, 5.74) is 1.85. The van der Waals surface area contributed by atoms with Crippen LogP contribution in [0.1, 0.15) is 10.4 Å². The van der Waals surface area contributed by atoms with Gasteiger partial charge >= 0.3 is 0 Å². The standard InChI is InChI=1S/C20H12ClN3O3S/c21-15-8-7-12(10-18(15)24(26)27)22-20(25)14-11-17(19-6-3-9-28-19)23-16-5-2-1-4-13(14)16/h1-11H,(H,22,25). The van der Waals surface area contributed by atoms with Gasteiger partial charge in [-0.05, 0) is 35.7 Å². The van der Waals surface area contributed by atoms with E-state index in [1.165, 1.54) is 29.5 Å². The number of aromatic nitrogens is 1. The fourth-order valence-corrected chi connectivity index (χ4v) is 3.72. The summed E-state index contributed by atoms with van der Waals surface area (Å²) < 4.78 is 0. The maximum Gasteiger partial charge on any atom is 0.289 e. The number of nitro groups is 1. The van der Waals surface area contributed by atoms with Gasteiger partial charge < -0.3 is 5.32 Å². The maximum atomic E-state index is 13.0. The van der Waals surface area contributed by atoms with Crippen LogP contribution in [0.3, 0.4) is 0 Å². The Labute approximate surface area is 168 Å². The second kappa shape index (κ2) is 7.38. The van der Waals surface area contributed by atoms with Crippen molar-refractivity contribution in [3.8, 4) is 10.6 Å². The number of pyridine rings is 1. The zero-order chi connectivity index (χ0) is 19.7. The number of nitrogens with one attached hydrogen (secondary N) is 1. The molecule has 0 fully saturated rings. The molecule has 4 aromatic rings. The Hall–Kier alpha value is -3.29. The third kappa shape index (κ3) is 3.45. The van der Waals surface area contributed by atoms with Crippen molar-refractivity contribution < 1.29 is 9.72 Å². The fraction of sp³-hybridized carbons (Fsp3) is 0. The van der Waals surface area contributed by atoms with Gasteiger partial charge in [0.1, 0.15) is 5.02 Å². The highest BCUT2D eigenvalue weighted by Crippen LogP contribution is 2.30. The van der Waals surface area contributed by atoms with Crippen LogP contribution in [0, 0.1) is 10.1 Å². The van der Waals surface area contributed by atoms with E-state index < -0.39 is 4.92 Å². The SMILES string of the molecule is O=C(Nc1ccc(Cl)c([N+](=O)[O-])c1)c1cc(-c2cccs2)nc2ccccc12. The number of hydrogen-bond acceptors (Lipinski definition) is 5. The Morgan fingerprint density at radius 1 is 1.11 bits per heavy atom. The van der Waals surface area contributed by atoms with Crippen LogP contribution in [0.5, 0.6) is 0 Å². The van der Waals surface area contributed by atoms with Gasteiger partial charge in [0.25, 0.3) is 11.6 Å². The number of hydrogen-bond donors (Lipinski definition) is 1. The number of thiophene rings is 1. The van der Waals surface area contributed by atoms with E-state index in [1.54, 1.807) is 6.07 Å². The molecule has 6 nitrogen and oxygen atoms in total. The average Bonchev–Trinajstić information content (AvgIpc) is 3.23. The molecule has 1 amide bonds. The minimum Gasteiger partial charge on any atom is -0.322 e. The van der Waals surface area contributed by atoms with Gasteiger partial charge in [0.2, 0.25) is 0 Å². The molecule has 8 heteroatoms. The minimum absolute atomic E-state index is 0.0114. The van der Waals surface area contributed by atoms with E-state index in [0.29, 0.717) is 27.8 Å². The van der Waals surface area contributed by atoms with Gasteiger partial charge in [-0.15, -0.1) is 11.3 Å². The summed E-state index contributed by atoms with van der Waals surface area (Å²) in [7, 11) is 0. The molecule has 0 aliphatic heterocycles. The van der Waals surface area contributed by atoms with Gasteiger partial charge in [-0.1, -0.05) is 35.9 Å². The highest BCUT2D eigenvalue weighted by molar-refractivity contribution is 7.13. The molecule has 0 unspecified atom stereocenters. The van der Waals surface area contributed by atoms with Crippen molar-refractivity contribution in [1.82, 2.24) is 4.98 Å². The lowest BCUT2D eigenvalue weighted by atomic mass is 10.1. The number of carbonyl (C=O) groups is 1. The molecule has 0 aliphatic rings. The van der Waals surface area contributed by atoms with Crippen molar-refractivity contribution in [3.63, 3.8) is 0 Å². The molecule has 0 saturated heterocycles. The number of anilines is 1.